The predicted octanol–water partition coefficient (Wildman–Crippen LogP) is 3.44. The van der Waals surface area contributed by atoms with E-state index in [1.54, 1.807) is 27.4 Å². The van der Waals surface area contributed by atoms with Crippen molar-refractivity contribution in [2.45, 2.75) is 25.6 Å². The summed E-state index contributed by atoms with van der Waals surface area (Å²) < 4.78 is 15.5. The summed E-state index contributed by atoms with van der Waals surface area (Å²) in [6, 6.07) is 10.7. The molecule has 0 radical (unpaired) electrons. The highest BCUT2D eigenvalue weighted by atomic mass is 35.5. The minimum Gasteiger partial charge on any atom is -0.377 e. The summed E-state index contributed by atoms with van der Waals surface area (Å²) in [5.74, 6) is 0. The van der Waals surface area contributed by atoms with Gasteiger partial charge in [0.1, 0.15) is 0 Å². The van der Waals surface area contributed by atoms with Crippen LogP contribution in [-0.2, 0) is 13.3 Å². The second kappa shape index (κ2) is 18.3. The zero-order valence-electron chi connectivity index (χ0n) is 15.2. The number of benzene rings is 1. The van der Waals surface area contributed by atoms with Gasteiger partial charge in [-0.2, -0.15) is 0 Å². The van der Waals surface area contributed by atoms with Gasteiger partial charge in [0.15, 0.2) is 0 Å². The molecule has 0 aromatic heterocycles. The van der Waals surface area contributed by atoms with Gasteiger partial charge in [-0.1, -0.05) is 49.1 Å². The van der Waals surface area contributed by atoms with Gasteiger partial charge in [-0.25, -0.2) is 0 Å². The Morgan fingerprint density at radius 3 is 1.71 bits per heavy atom. The van der Waals surface area contributed by atoms with Gasteiger partial charge in [-0.3, -0.25) is 0 Å². The van der Waals surface area contributed by atoms with Crippen molar-refractivity contribution in [2.75, 3.05) is 21.3 Å². The van der Waals surface area contributed by atoms with Crippen LogP contribution >= 0.6 is 12.4 Å². The van der Waals surface area contributed by atoms with Crippen LogP contribution in [0, 0.1) is 0 Å². The normalized spacial score (nSPS) is 9.62. The molecule has 0 aliphatic carbocycles. The average molecular weight is 377 g/mol. The first-order chi connectivity index (χ1) is 10.9. The number of hydrogen-bond donors (Lipinski definition) is 2. The van der Waals surface area contributed by atoms with Crippen LogP contribution in [0.25, 0.3) is 6.08 Å². The van der Waals surface area contributed by atoms with Crippen LogP contribution in [0.15, 0.2) is 49.6 Å². The molecule has 1 rings (SSSR count). The van der Waals surface area contributed by atoms with E-state index in [0.717, 1.165) is 0 Å². The maximum Gasteiger partial charge on any atom is 0.500 e. The highest BCUT2D eigenvalue weighted by molar-refractivity contribution is 6.60. The second-order valence-corrected chi connectivity index (χ2v) is 7.61. The molecule has 0 saturated heterocycles. The van der Waals surface area contributed by atoms with Gasteiger partial charge in [0.2, 0.25) is 0 Å². The largest absolute Gasteiger partial charge is 0.500 e. The third-order valence-electron chi connectivity index (χ3n) is 2.75. The summed E-state index contributed by atoms with van der Waals surface area (Å²) in [6.45, 7) is 8.88. The van der Waals surface area contributed by atoms with E-state index < -0.39 is 8.80 Å². The van der Waals surface area contributed by atoms with Crippen LogP contribution in [0.5, 0.6) is 0 Å². The fraction of sp³-hybridized carbons (Fsp3) is 0.412. The summed E-state index contributed by atoms with van der Waals surface area (Å²) in [7, 11) is 2.27. The van der Waals surface area contributed by atoms with Crippen molar-refractivity contribution >= 4 is 27.3 Å². The standard InChI is InChI=1S/C8H8.C6H18N2O3Si.C3H6.ClH/c1-2-8-6-4-3-5-7-8;1-9-12(10-2,11-3)5-4-6(7)8;1-3-2;/h2-7H,1H2;6H,4-5,7-8H2,1-3H3;3H,1H2,2H3;1H. The molecule has 4 N–H and O–H groups in total. The molecule has 1 aromatic carbocycles. The molecular formula is C17H33ClN2O3Si. The fourth-order valence-electron chi connectivity index (χ4n) is 1.49. The van der Waals surface area contributed by atoms with Gasteiger partial charge in [0.25, 0.3) is 0 Å². The Bertz CT molecular complexity index is 394. The third kappa shape index (κ3) is 14.6. The van der Waals surface area contributed by atoms with Crippen molar-refractivity contribution in [1.82, 2.24) is 0 Å². The maximum absolute atomic E-state index is 5.40. The smallest absolute Gasteiger partial charge is 0.377 e. The summed E-state index contributed by atoms with van der Waals surface area (Å²) >= 11 is 0. The lowest BCUT2D eigenvalue weighted by Crippen LogP contribution is -2.45. The van der Waals surface area contributed by atoms with Gasteiger partial charge in [0, 0.05) is 27.4 Å². The Morgan fingerprint density at radius 1 is 1.04 bits per heavy atom. The van der Waals surface area contributed by atoms with E-state index in [1.165, 1.54) is 5.56 Å². The molecule has 24 heavy (non-hydrogen) atoms. The first-order valence-electron chi connectivity index (χ1n) is 7.36. The number of halogens is 1. The van der Waals surface area contributed by atoms with E-state index in [9.17, 15) is 0 Å². The predicted molar refractivity (Wildman–Crippen MR) is 108 cm³/mol. The van der Waals surface area contributed by atoms with Crippen molar-refractivity contribution in [3.05, 3.63) is 55.1 Å². The minimum absolute atomic E-state index is 0. The van der Waals surface area contributed by atoms with Crippen LogP contribution in [0.4, 0.5) is 0 Å². The Labute approximate surface area is 154 Å². The van der Waals surface area contributed by atoms with E-state index in [1.807, 2.05) is 43.3 Å². The molecule has 7 heteroatoms. The lowest BCUT2D eigenvalue weighted by Gasteiger charge is -2.24. The number of allylic oxidation sites excluding steroid dienone is 1. The van der Waals surface area contributed by atoms with Crippen molar-refractivity contribution in [3.63, 3.8) is 0 Å². The van der Waals surface area contributed by atoms with Crippen molar-refractivity contribution in [2.24, 2.45) is 11.5 Å². The molecule has 0 fully saturated rings. The molecule has 1 aromatic rings. The van der Waals surface area contributed by atoms with E-state index in [-0.39, 0.29) is 18.6 Å². The molecule has 0 aliphatic rings. The average Bonchev–Trinajstić information content (AvgIpc) is 2.58. The maximum atomic E-state index is 5.40. The summed E-state index contributed by atoms with van der Waals surface area (Å²) in [4.78, 5) is 0. The Balaban J connectivity index is -0.000000317. The van der Waals surface area contributed by atoms with Gasteiger partial charge < -0.3 is 24.7 Å². The third-order valence-corrected chi connectivity index (χ3v) is 5.52. The summed E-state index contributed by atoms with van der Waals surface area (Å²) in [5, 5.41) is 0. The molecule has 0 atom stereocenters. The highest BCUT2D eigenvalue weighted by Gasteiger charge is 2.37. The monoisotopic (exact) mass is 376 g/mol. The van der Waals surface area contributed by atoms with Crippen molar-refractivity contribution in [3.8, 4) is 0 Å². The number of hydrogen-bond acceptors (Lipinski definition) is 5. The minimum atomic E-state index is -2.44. The first kappa shape index (κ1) is 27.8. The van der Waals surface area contributed by atoms with Crippen LogP contribution in [-0.4, -0.2) is 36.3 Å². The highest BCUT2D eigenvalue weighted by Crippen LogP contribution is 2.14. The van der Waals surface area contributed by atoms with Gasteiger partial charge in [-0.05, 0) is 18.9 Å². The van der Waals surface area contributed by atoms with Crippen LogP contribution in [0.3, 0.4) is 0 Å². The molecule has 0 saturated carbocycles. The SMILES string of the molecule is C=CC.C=Cc1ccccc1.CO[Si](CCC(N)N)(OC)OC.Cl. The Kier molecular flexibility index (Phi) is 21.3. The van der Waals surface area contributed by atoms with Crippen molar-refractivity contribution in [1.29, 1.82) is 0 Å². The van der Waals surface area contributed by atoms with Crippen LogP contribution in [0.2, 0.25) is 6.04 Å². The molecule has 140 valence electrons. The molecule has 0 spiro atoms. The van der Waals surface area contributed by atoms with Crippen LogP contribution in [0.1, 0.15) is 18.9 Å². The molecule has 0 unspecified atom stereocenters. The lowest BCUT2D eigenvalue weighted by atomic mass is 10.2. The van der Waals surface area contributed by atoms with Crippen LogP contribution < -0.4 is 11.5 Å². The summed E-state index contributed by atoms with van der Waals surface area (Å²) in [5.41, 5.74) is 12.0. The fourth-order valence-corrected chi connectivity index (χ4v) is 3.29. The quantitative estimate of drug-likeness (QED) is 0.433. The zero-order chi connectivity index (χ0) is 18.1. The van der Waals surface area contributed by atoms with Gasteiger partial charge in [-0.15, -0.1) is 19.0 Å². The topological polar surface area (TPSA) is 79.7 Å². The second-order valence-electron chi connectivity index (χ2n) is 4.52. The number of nitrogens with two attached hydrogens (primary N) is 2. The first-order valence-corrected chi connectivity index (χ1v) is 9.29. The van der Waals surface area contributed by atoms with E-state index in [0.29, 0.717) is 12.5 Å². The molecule has 0 bridgehead atoms. The summed E-state index contributed by atoms with van der Waals surface area (Å²) in [6.07, 6.45) is 3.89. The molecule has 0 heterocycles. The van der Waals surface area contributed by atoms with E-state index in [4.69, 9.17) is 24.7 Å². The van der Waals surface area contributed by atoms with E-state index >= 15 is 0 Å². The van der Waals surface area contributed by atoms with E-state index in [2.05, 4.69) is 13.2 Å². The molecule has 5 nitrogen and oxygen atoms in total. The molecule has 0 aliphatic heterocycles. The number of rotatable bonds is 7. The molecular weight excluding hydrogens is 344 g/mol. The van der Waals surface area contributed by atoms with Gasteiger partial charge >= 0.3 is 8.80 Å². The molecule has 0 amide bonds. The lowest BCUT2D eigenvalue weighted by molar-refractivity contribution is 0.122. The zero-order valence-corrected chi connectivity index (χ0v) is 17.1. The Hall–Kier alpha value is -0.993. The van der Waals surface area contributed by atoms with Gasteiger partial charge in [0.05, 0.1) is 6.17 Å². The Morgan fingerprint density at radius 2 is 1.46 bits per heavy atom. The van der Waals surface area contributed by atoms with Crippen molar-refractivity contribution < 1.29 is 13.3 Å².